The third-order valence-electron chi connectivity index (χ3n) is 1.49. The molecule has 0 saturated heterocycles. The molecule has 1 heteroatoms. The summed E-state index contributed by atoms with van der Waals surface area (Å²) in [4.78, 5) is 0. The Morgan fingerprint density at radius 1 is 1.08 bits per heavy atom. The van der Waals surface area contributed by atoms with Gasteiger partial charge in [0.25, 0.3) is 0 Å². The van der Waals surface area contributed by atoms with Gasteiger partial charge in [-0.25, -0.2) is 0 Å². The molecule has 0 aromatic rings. The second kappa shape index (κ2) is 8.31. The molecule has 0 rings (SSSR count). The molecule has 13 heavy (non-hydrogen) atoms. The van der Waals surface area contributed by atoms with Crippen LogP contribution in [0.1, 0.15) is 48.5 Å². The summed E-state index contributed by atoms with van der Waals surface area (Å²) in [5.74, 6) is 0.649. The number of hydrogen-bond donors (Lipinski definition) is 0. The van der Waals surface area contributed by atoms with Crippen molar-refractivity contribution in [1.82, 2.24) is 0 Å². The Kier molecular flexibility index (Phi) is 9.70. The van der Waals surface area contributed by atoms with Crippen LogP contribution in [0.25, 0.3) is 0 Å². The van der Waals surface area contributed by atoms with Crippen LogP contribution < -0.4 is 0 Å². The Hall–Kier alpha value is -0.300. The maximum atomic E-state index is 5.58. The van der Waals surface area contributed by atoms with E-state index in [1.54, 1.807) is 0 Å². The van der Waals surface area contributed by atoms with Crippen LogP contribution in [0.15, 0.2) is 12.2 Å². The first-order chi connectivity index (χ1) is 5.52. The van der Waals surface area contributed by atoms with E-state index >= 15 is 0 Å². The monoisotopic (exact) mass is 186 g/mol. The molecule has 0 aromatic carbocycles. The molecule has 0 N–H and O–H groups in total. The first-order valence-electron chi connectivity index (χ1n) is 4.84. The molecular weight excluding hydrogens is 160 g/mol. The van der Waals surface area contributed by atoms with Gasteiger partial charge in [-0.05, 0) is 33.1 Å². The van der Waals surface area contributed by atoms with E-state index in [-0.39, 0.29) is 7.43 Å². The highest BCUT2D eigenvalue weighted by atomic mass is 16.5. The first kappa shape index (κ1) is 15.2. The van der Waals surface area contributed by atoms with Gasteiger partial charge in [0.1, 0.15) is 0 Å². The Balaban J connectivity index is 0. The lowest BCUT2D eigenvalue weighted by Crippen LogP contribution is -2.13. The highest BCUT2D eigenvalue weighted by Gasteiger charge is 2.01. The molecule has 0 bridgehead atoms. The fraction of sp³-hybridized carbons (Fsp3) is 0.833. The Labute approximate surface area is 84.2 Å². The second-order valence-corrected chi connectivity index (χ2v) is 3.90. The predicted octanol–water partition coefficient (Wildman–Crippen LogP) is 4.04. The second-order valence-electron chi connectivity index (χ2n) is 3.90. The van der Waals surface area contributed by atoms with E-state index in [0.717, 1.165) is 6.42 Å². The minimum Gasteiger partial charge on any atom is -0.376 e. The Morgan fingerprint density at radius 3 is 2.00 bits per heavy atom. The van der Waals surface area contributed by atoms with Crippen LogP contribution in [0, 0.1) is 5.92 Å². The van der Waals surface area contributed by atoms with E-state index in [1.165, 1.54) is 0 Å². The molecule has 0 fully saturated rings. The van der Waals surface area contributed by atoms with Crippen LogP contribution in [0.3, 0.4) is 0 Å². The van der Waals surface area contributed by atoms with E-state index in [0.29, 0.717) is 18.1 Å². The molecule has 0 aliphatic heterocycles. The van der Waals surface area contributed by atoms with Crippen molar-refractivity contribution >= 4 is 0 Å². The molecule has 0 amide bonds. The smallest absolute Gasteiger partial charge is 0.0584 e. The minimum absolute atomic E-state index is 0. The number of ether oxygens (including phenoxy) is 1. The minimum atomic E-state index is 0. The van der Waals surface area contributed by atoms with Crippen molar-refractivity contribution in [2.75, 3.05) is 0 Å². The van der Waals surface area contributed by atoms with Crippen LogP contribution in [-0.2, 0) is 4.74 Å². The normalized spacial score (nSPS) is 13.8. The molecule has 1 nitrogen and oxygen atoms in total. The number of rotatable bonds is 5. The molecule has 0 spiro atoms. The zero-order chi connectivity index (χ0) is 9.56. The highest BCUT2D eigenvalue weighted by molar-refractivity contribution is 4.85. The van der Waals surface area contributed by atoms with Gasteiger partial charge in [0, 0.05) is 0 Å². The molecule has 80 valence electrons. The number of hydrogen-bond acceptors (Lipinski definition) is 1. The summed E-state index contributed by atoms with van der Waals surface area (Å²) >= 11 is 0. The van der Waals surface area contributed by atoms with Gasteiger partial charge in [-0.1, -0.05) is 33.4 Å². The summed E-state index contributed by atoms with van der Waals surface area (Å²) in [6.07, 6.45) is 6.14. The lowest BCUT2D eigenvalue weighted by atomic mass is 10.1. The summed E-state index contributed by atoms with van der Waals surface area (Å²) < 4.78 is 5.58. The van der Waals surface area contributed by atoms with Crippen LogP contribution in [-0.4, -0.2) is 12.2 Å². The topological polar surface area (TPSA) is 9.23 Å². The Bertz CT molecular complexity index is 125. The van der Waals surface area contributed by atoms with Gasteiger partial charge < -0.3 is 4.74 Å². The van der Waals surface area contributed by atoms with Crippen molar-refractivity contribution in [3.8, 4) is 0 Å². The van der Waals surface area contributed by atoms with Gasteiger partial charge in [0.05, 0.1) is 12.2 Å². The zero-order valence-electron chi connectivity index (χ0n) is 9.00. The van der Waals surface area contributed by atoms with Gasteiger partial charge in [0.2, 0.25) is 0 Å². The molecule has 0 aliphatic rings. The fourth-order valence-corrected chi connectivity index (χ4v) is 1.06. The lowest BCUT2D eigenvalue weighted by molar-refractivity contribution is 0.0209. The third kappa shape index (κ3) is 11.7. The van der Waals surface area contributed by atoms with E-state index in [2.05, 4.69) is 46.8 Å². The van der Waals surface area contributed by atoms with Crippen molar-refractivity contribution in [2.24, 2.45) is 5.92 Å². The average molecular weight is 186 g/mol. The van der Waals surface area contributed by atoms with Crippen LogP contribution in [0.5, 0.6) is 0 Å². The summed E-state index contributed by atoms with van der Waals surface area (Å²) in [6, 6.07) is 0. The maximum Gasteiger partial charge on any atom is 0.0584 e. The largest absolute Gasteiger partial charge is 0.376 e. The van der Waals surface area contributed by atoms with Gasteiger partial charge >= 0.3 is 0 Å². The summed E-state index contributed by atoms with van der Waals surface area (Å²) in [7, 11) is 0. The molecule has 0 radical (unpaired) electrons. The molecule has 0 heterocycles. The molecule has 0 aliphatic carbocycles. The van der Waals surface area contributed by atoms with Crippen LogP contribution in [0.4, 0.5) is 0 Å². The average Bonchev–Trinajstić information content (AvgIpc) is 1.84. The van der Waals surface area contributed by atoms with Gasteiger partial charge in [-0.2, -0.15) is 0 Å². The van der Waals surface area contributed by atoms with Crippen molar-refractivity contribution < 1.29 is 4.74 Å². The van der Waals surface area contributed by atoms with Crippen molar-refractivity contribution in [3.05, 3.63) is 12.2 Å². The van der Waals surface area contributed by atoms with Crippen molar-refractivity contribution in [1.29, 1.82) is 0 Å². The highest BCUT2D eigenvalue weighted by Crippen LogP contribution is 2.04. The fourth-order valence-electron chi connectivity index (χ4n) is 1.06. The summed E-state index contributed by atoms with van der Waals surface area (Å²) in [6.45, 7) is 10.6. The third-order valence-corrected chi connectivity index (χ3v) is 1.49. The molecule has 0 aromatic heterocycles. The maximum absolute atomic E-state index is 5.58. The standard InChI is InChI=1S/C11H22O.CH4/c1-9(2)7-6-8-11(5)12-10(3)4;/h6-7,9-11H,8H2,1-5H3;1H4/b7-6+;/t11-;/m1./s1. The van der Waals surface area contributed by atoms with Gasteiger partial charge in [0.15, 0.2) is 0 Å². The van der Waals surface area contributed by atoms with Gasteiger partial charge in [-0.15, -0.1) is 0 Å². The molecule has 0 saturated carbocycles. The summed E-state index contributed by atoms with van der Waals surface area (Å²) in [5, 5.41) is 0. The quantitative estimate of drug-likeness (QED) is 0.589. The van der Waals surface area contributed by atoms with Gasteiger partial charge in [-0.3, -0.25) is 0 Å². The predicted molar refractivity (Wildman–Crippen MR) is 61.0 cm³/mol. The van der Waals surface area contributed by atoms with Crippen molar-refractivity contribution in [2.45, 2.75) is 60.7 Å². The molecular formula is C12H26O. The van der Waals surface area contributed by atoms with E-state index < -0.39 is 0 Å². The van der Waals surface area contributed by atoms with E-state index in [1.807, 2.05) is 0 Å². The molecule has 1 atom stereocenters. The zero-order valence-corrected chi connectivity index (χ0v) is 9.00. The first-order valence-corrected chi connectivity index (χ1v) is 4.84. The number of allylic oxidation sites excluding steroid dienone is 1. The van der Waals surface area contributed by atoms with Crippen LogP contribution in [0.2, 0.25) is 0 Å². The van der Waals surface area contributed by atoms with Crippen LogP contribution >= 0.6 is 0 Å². The lowest BCUT2D eigenvalue weighted by Gasteiger charge is -2.13. The molecule has 0 unspecified atom stereocenters. The SMILES string of the molecule is C.CC(C)/C=C/C[C@@H](C)OC(C)C. The van der Waals surface area contributed by atoms with E-state index in [4.69, 9.17) is 4.74 Å². The Morgan fingerprint density at radius 2 is 1.62 bits per heavy atom. The van der Waals surface area contributed by atoms with E-state index in [9.17, 15) is 0 Å². The summed E-state index contributed by atoms with van der Waals surface area (Å²) in [5.41, 5.74) is 0. The van der Waals surface area contributed by atoms with Crippen molar-refractivity contribution in [3.63, 3.8) is 0 Å².